The minimum atomic E-state index is 0.267. The van der Waals surface area contributed by atoms with Gasteiger partial charge in [0, 0.05) is 18.0 Å². The monoisotopic (exact) mass is 252 g/mol. The summed E-state index contributed by atoms with van der Waals surface area (Å²) in [4.78, 5) is 19.6. The number of aromatic nitrogens is 1. The molecule has 0 spiro atoms. The standard InChI is InChI=1S/C13H20N2OS/c1-9-4-6-15(7-5-9)13(16)8-12-10(2)14-11(3)17-12/h9H,4-8H2,1-3H3. The van der Waals surface area contributed by atoms with Crippen LogP contribution in [0.4, 0.5) is 0 Å². The minimum Gasteiger partial charge on any atom is -0.342 e. The Kier molecular flexibility index (Phi) is 3.82. The van der Waals surface area contributed by atoms with Gasteiger partial charge in [-0.1, -0.05) is 6.92 Å². The van der Waals surface area contributed by atoms with Crippen LogP contribution in [0.2, 0.25) is 0 Å². The summed E-state index contributed by atoms with van der Waals surface area (Å²) in [5.74, 6) is 1.04. The SMILES string of the molecule is Cc1nc(C)c(CC(=O)N2CCC(C)CC2)s1. The quantitative estimate of drug-likeness (QED) is 0.810. The van der Waals surface area contributed by atoms with Gasteiger partial charge in [-0.25, -0.2) is 4.98 Å². The average molecular weight is 252 g/mol. The van der Waals surface area contributed by atoms with E-state index in [1.54, 1.807) is 11.3 Å². The Morgan fingerprint density at radius 1 is 1.41 bits per heavy atom. The van der Waals surface area contributed by atoms with Crippen LogP contribution in [-0.2, 0) is 11.2 Å². The summed E-state index contributed by atoms with van der Waals surface area (Å²) >= 11 is 1.65. The lowest BCUT2D eigenvalue weighted by molar-refractivity contribution is -0.131. The fourth-order valence-corrected chi connectivity index (χ4v) is 3.17. The zero-order chi connectivity index (χ0) is 12.4. The first-order valence-corrected chi connectivity index (χ1v) is 7.08. The molecule has 0 N–H and O–H groups in total. The second kappa shape index (κ2) is 5.17. The summed E-state index contributed by atoms with van der Waals surface area (Å²) in [5.41, 5.74) is 1.02. The molecule has 1 aliphatic rings. The highest BCUT2D eigenvalue weighted by atomic mass is 32.1. The summed E-state index contributed by atoms with van der Waals surface area (Å²) in [6.07, 6.45) is 2.82. The van der Waals surface area contributed by atoms with E-state index < -0.39 is 0 Å². The molecule has 2 rings (SSSR count). The number of carbonyl (C=O) groups is 1. The number of piperidine rings is 1. The number of aryl methyl sites for hydroxylation is 2. The topological polar surface area (TPSA) is 33.2 Å². The van der Waals surface area contributed by atoms with E-state index in [1.807, 2.05) is 18.7 Å². The summed E-state index contributed by atoms with van der Waals surface area (Å²) in [6, 6.07) is 0. The van der Waals surface area contributed by atoms with Crippen LogP contribution in [0.25, 0.3) is 0 Å². The molecule has 3 nitrogen and oxygen atoms in total. The number of nitrogens with zero attached hydrogens (tertiary/aromatic N) is 2. The van der Waals surface area contributed by atoms with Gasteiger partial charge in [0.15, 0.2) is 0 Å². The molecule has 1 fully saturated rings. The second-order valence-corrected chi connectivity index (χ2v) is 6.27. The molecule has 0 aliphatic carbocycles. The van der Waals surface area contributed by atoms with Crippen LogP contribution in [0.5, 0.6) is 0 Å². The molecular weight excluding hydrogens is 232 g/mol. The molecule has 2 heterocycles. The van der Waals surface area contributed by atoms with Crippen molar-refractivity contribution in [3.05, 3.63) is 15.6 Å². The van der Waals surface area contributed by atoms with E-state index in [9.17, 15) is 4.79 Å². The van der Waals surface area contributed by atoms with Gasteiger partial charge in [-0.15, -0.1) is 11.3 Å². The molecule has 4 heteroatoms. The largest absolute Gasteiger partial charge is 0.342 e. The Morgan fingerprint density at radius 3 is 2.59 bits per heavy atom. The van der Waals surface area contributed by atoms with Crippen molar-refractivity contribution >= 4 is 17.2 Å². The number of amides is 1. The van der Waals surface area contributed by atoms with Crippen LogP contribution >= 0.6 is 11.3 Å². The van der Waals surface area contributed by atoms with Gasteiger partial charge >= 0.3 is 0 Å². The van der Waals surface area contributed by atoms with Crippen molar-refractivity contribution in [1.29, 1.82) is 0 Å². The van der Waals surface area contributed by atoms with Gasteiger partial charge in [-0.2, -0.15) is 0 Å². The van der Waals surface area contributed by atoms with Gasteiger partial charge < -0.3 is 4.90 Å². The minimum absolute atomic E-state index is 0.267. The maximum atomic E-state index is 12.1. The van der Waals surface area contributed by atoms with Crippen molar-refractivity contribution in [2.75, 3.05) is 13.1 Å². The number of likely N-dealkylation sites (tertiary alicyclic amines) is 1. The first-order chi connectivity index (χ1) is 8.06. The van der Waals surface area contributed by atoms with Crippen LogP contribution in [-0.4, -0.2) is 28.9 Å². The van der Waals surface area contributed by atoms with Crippen LogP contribution in [0, 0.1) is 19.8 Å². The fourth-order valence-electron chi connectivity index (χ4n) is 2.24. The number of hydrogen-bond donors (Lipinski definition) is 0. The molecule has 94 valence electrons. The predicted octanol–water partition coefficient (Wildman–Crippen LogP) is 2.56. The van der Waals surface area contributed by atoms with Crippen LogP contribution < -0.4 is 0 Å². The molecule has 0 aromatic carbocycles. The Balaban J connectivity index is 1.95. The van der Waals surface area contributed by atoms with Crippen molar-refractivity contribution < 1.29 is 4.79 Å². The zero-order valence-corrected chi connectivity index (χ0v) is 11.6. The molecule has 0 radical (unpaired) electrons. The Labute approximate surface area is 107 Å². The van der Waals surface area contributed by atoms with Crippen LogP contribution in [0.3, 0.4) is 0 Å². The molecule has 0 bridgehead atoms. The van der Waals surface area contributed by atoms with Crippen molar-refractivity contribution in [2.24, 2.45) is 5.92 Å². The number of hydrogen-bond acceptors (Lipinski definition) is 3. The van der Waals surface area contributed by atoms with Gasteiger partial charge in [0.1, 0.15) is 0 Å². The second-order valence-electron chi connectivity index (χ2n) is 4.98. The predicted molar refractivity (Wildman–Crippen MR) is 70.3 cm³/mol. The van der Waals surface area contributed by atoms with Crippen LogP contribution in [0.15, 0.2) is 0 Å². The summed E-state index contributed by atoms with van der Waals surface area (Å²) in [5, 5.41) is 1.05. The molecule has 0 unspecified atom stereocenters. The Hall–Kier alpha value is -0.900. The highest BCUT2D eigenvalue weighted by Crippen LogP contribution is 2.21. The fraction of sp³-hybridized carbons (Fsp3) is 0.692. The van der Waals surface area contributed by atoms with E-state index in [1.165, 1.54) is 0 Å². The lowest BCUT2D eigenvalue weighted by Gasteiger charge is -2.30. The van der Waals surface area contributed by atoms with E-state index >= 15 is 0 Å². The van der Waals surface area contributed by atoms with Gasteiger partial charge in [0.05, 0.1) is 17.1 Å². The summed E-state index contributed by atoms with van der Waals surface area (Å²) in [6.45, 7) is 8.10. The van der Waals surface area contributed by atoms with Crippen molar-refractivity contribution in [1.82, 2.24) is 9.88 Å². The van der Waals surface area contributed by atoms with E-state index in [-0.39, 0.29) is 5.91 Å². The molecule has 1 aliphatic heterocycles. The molecule has 1 aromatic heterocycles. The first-order valence-electron chi connectivity index (χ1n) is 6.27. The lowest BCUT2D eigenvalue weighted by atomic mass is 9.99. The third-order valence-electron chi connectivity index (χ3n) is 3.45. The van der Waals surface area contributed by atoms with E-state index in [0.29, 0.717) is 6.42 Å². The average Bonchev–Trinajstić information content (AvgIpc) is 2.58. The molecule has 1 saturated heterocycles. The smallest absolute Gasteiger partial charge is 0.227 e. The molecule has 1 aromatic rings. The third-order valence-corrected chi connectivity index (χ3v) is 4.52. The number of rotatable bonds is 2. The van der Waals surface area contributed by atoms with E-state index in [0.717, 1.165) is 47.4 Å². The maximum absolute atomic E-state index is 12.1. The van der Waals surface area contributed by atoms with Gasteiger partial charge in [0.25, 0.3) is 0 Å². The summed E-state index contributed by atoms with van der Waals surface area (Å²) in [7, 11) is 0. The Morgan fingerprint density at radius 2 is 2.06 bits per heavy atom. The molecule has 0 saturated carbocycles. The third kappa shape index (κ3) is 3.06. The van der Waals surface area contributed by atoms with Gasteiger partial charge in [-0.05, 0) is 32.6 Å². The van der Waals surface area contributed by atoms with E-state index in [2.05, 4.69) is 11.9 Å². The molecule has 0 atom stereocenters. The lowest BCUT2D eigenvalue weighted by Crippen LogP contribution is -2.38. The zero-order valence-electron chi connectivity index (χ0n) is 10.8. The molecule has 17 heavy (non-hydrogen) atoms. The number of thiazole rings is 1. The Bertz CT molecular complexity index is 406. The maximum Gasteiger partial charge on any atom is 0.227 e. The molecule has 1 amide bonds. The van der Waals surface area contributed by atoms with Crippen molar-refractivity contribution in [2.45, 2.75) is 40.0 Å². The first kappa shape index (κ1) is 12.6. The summed E-state index contributed by atoms with van der Waals surface area (Å²) < 4.78 is 0. The van der Waals surface area contributed by atoms with Crippen molar-refractivity contribution in [3.8, 4) is 0 Å². The highest BCUT2D eigenvalue weighted by Gasteiger charge is 2.21. The normalized spacial score (nSPS) is 17.5. The van der Waals surface area contributed by atoms with Crippen molar-refractivity contribution in [3.63, 3.8) is 0 Å². The number of carbonyl (C=O) groups excluding carboxylic acids is 1. The van der Waals surface area contributed by atoms with Gasteiger partial charge in [-0.3, -0.25) is 4.79 Å². The molecular formula is C13H20N2OS. The van der Waals surface area contributed by atoms with Crippen LogP contribution in [0.1, 0.15) is 35.3 Å². The van der Waals surface area contributed by atoms with E-state index in [4.69, 9.17) is 0 Å². The highest BCUT2D eigenvalue weighted by molar-refractivity contribution is 7.11. The van der Waals surface area contributed by atoms with Gasteiger partial charge in [0.2, 0.25) is 5.91 Å².